The summed E-state index contributed by atoms with van der Waals surface area (Å²) in [6, 6.07) is 14.1. The van der Waals surface area contributed by atoms with Crippen molar-refractivity contribution in [1.29, 1.82) is 0 Å². The summed E-state index contributed by atoms with van der Waals surface area (Å²) in [5.41, 5.74) is 1.94. The second kappa shape index (κ2) is 8.85. The van der Waals surface area contributed by atoms with Crippen molar-refractivity contribution in [1.82, 2.24) is 5.32 Å². The van der Waals surface area contributed by atoms with E-state index >= 15 is 0 Å². The molecule has 0 radical (unpaired) electrons. The van der Waals surface area contributed by atoms with Crippen LogP contribution in [0, 0.1) is 0 Å². The number of nitrogens with one attached hydrogen (secondary N) is 1. The van der Waals surface area contributed by atoms with Gasteiger partial charge in [0.1, 0.15) is 5.75 Å². The molecule has 1 atom stereocenters. The quantitative estimate of drug-likeness (QED) is 0.768. The SMILES string of the molecule is CCOc1ccc(CCC(=O)NC(C)c2ccc(S(C)(=O)=O)cc2)cc1. The lowest BCUT2D eigenvalue weighted by Crippen LogP contribution is -2.26. The van der Waals surface area contributed by atoms with Crippen molar-refractivity contribution in [3.05, 3.63) is 59.7 Å². The molecule has 5 nitrogen and oxygen atoms in total. The number of carbonyl (C=O) groups excluding carboxylic acids is 1. The van der Waals surface area contributed by atoms with Crippen LogP contribution in [0.2, 0.25) is 0 Å². The highest BCUT2D eigenvalue weighted by atomic mass is 32.2. The Bertz CT molecular complexity index is 827. The van der Waals surface area contributed by atoms with E-state index in [-0.39, 0.29) is 16.8 Å². The summed E-state index contributed by atoms with van der Waals surface area (Å²) >= 11 is 0. The molecule has 2 aromatic rings. The zero-order chi connectivity index (χ0) is 19.2. The number of aryl methyl sites for hydroxylation is 1. The van der Waals surface area contributed by atoms with Crippen LogP contribution < -0.4 is 10.1 Å². The molecule has 1 amide bonds. The first-order valence-corrected chi connectivity index (χ1v) is 10.5. The number of hydrogen-bond acceptors (Lipinski definition) is 4. The highest BCUT2D eigenvalue weighted by Gasteiger charge is 2.12. The van der Waals surface area contributed by atoms with Gasteiger partial charge in [-0.2, -0.15) is 0 Å². The van der Waals surface area contributed by atoms with Crippen LogP contribution >= 0.6 is 0 Å². The molecule has 1 unspecified atom stereocenters. The molecular weight excluding hydrogens is 350 g/mol. The number of hydrogen-bond donors (Lipinski definition) is 1. The lowest BCUT2D eigenvalue weighted by molar-refractivity contribution is -0.121. The highest BCUT2D eigenvalue weighted by molar-refractivity contribution is 7.90. The molecule has 0 bridgehead atoms. The predicted molar refractivity (Wildman–Crippen MR) is 102 cm³/mol. The molecule has 1 N–H and O–H groups in total. The first kappa shape index (κ1) is 20.0. The standard InChI is InChI=1S/C20H25NO4S/c1-4-25-18-10-5-16(6-11-18)7-14-20(22)21-15(2)17-8-12-19(13-9-17)26(3,23)24/h5-6,8-13,15H,4,7,14H2,1-3H3,(H,21,22). The van der Waals surface area contributed by atoms with Gasteiger partial charge in [0, 0.05) is 12.7 Å². The smallest absolute Gasteiger partial charge is 0.220 e. The van der Waals surface area contributed by atoms with Crippen LogP contribution in [0.5, 0.6) is 5.75 Å². The van der Waals surface area contributed by atoms with Gasteiger partial charge < -0.3 is 10.1 Å². The molecule has 0 saturated heterocycles. The lowest BCUT2D eigenvalue weighted by atomic mass is 10.1. The third kappa shape index (κ3) is 5.88. The molecular formula is C20H25NO4S. The van der Waals surface area contributed by atoms with Crippen LogP contribution in [0.25, 0.3) is 0 Å². The Morgan fingerprint density at radius 1 is 1.08 bits per heavy atom. The van der Waals surface area contributed by atoms with Gasteiger partial charge in [-0.15, -0.1) is 0 Å². The molecule has 140 valence electrons. The van der Waals surface area contributed by atoms with Crippen molar-refractivity contribution in [2.24, 2.45) is 0 Å². The largest absolute Gasteiger partial charge is 0.494 e. The maximum absolute atomic E-state index is 12.2. The first-order chi connectivity index (χ1) is 12.3. The first-order valence-electron chi connectivity index (χ1n) is 8.60. The van der Waals surface area contributed by atoms with Crippen LogP contribution in [0.4, 0.5) is 0 Å². The van der Waals surface area contributed by atoms with Crippen molar-refractivity contribution in [2.45, 2.75) is 37.6 Å². The van der Waals surface area contributed by atoms with Crippen LogP contribution in [-0.2, 0) is 21.1 Å². The van der Waals surface area contributed by atoms with Crippen molar-refractivity contribution in [2.75, 3.05) is 12.9 Å². The minimum absolute atomic E-state index is 0.0430. The normalized spacial score (nSPS) is 12.4. The molecule has 0 heterocycles. The molecule has 0 spiro atoms. The van der Waals surface area contributed by atoms with E-state index in [1.165, 1.54) is 6.26 Å². The van der Waals surface area contributed by atoms with Gasteiger partial charge in [-0.1, -0.05) is 24.3 Å². The van der Waals surface area contributed by atoms with Crippen molar-refractivity contribution in [3.63, 3.8) is 0 Å². The number of benzene rings is 2. The molecule has 0 aliphatic heterocycles. The molecule has 26 heavy (non-hydrogen) atoms. The average molecular weight is 375 g/mol. The summed E-state index contributed by atoms with van der Waals surface area (Å²) in [7, 11) is -3.21. The molecule has 0 fully saturated rings. The highest BCUT2D eigenvalue weighted by Crippen LogP contribution is 2.17. The zero-order valence-electron chi connectivity index (χ0n) is 15.4. The van der Waals surface area contributed by atoms with Gasteiger partial charge in [-0.05, 0) is 55.7 Å². The fourth-order valence-corrected chi connectivity index (χ4v) is 3.21. The Labute approximate surface area is 155 Å². The van der Waals surface area contributed by atoms with Gasteiger partial charge in [0.2, 0.25) is 5.91 Å². The van der Waals surface area contributed by atoms with E-state index in [1.807, 2.05) is 38.1 Å². The number of carbonyl (C=O) groups is 1. The van der Waals surface area contributed by atoms with E-state index in [9.17, 15) is 13.2 Å². The van der Waals surface area contributed by atoms with Gasteiger partial charge >= 0.3 is 0 Å². The maximum Gasteiger partial charge on any atom is 0.220 e. The number of amides is 1. The fourth-order valence-electron chi connectivity index (χ4n) is 2.58. The minimum atomic E-state index is -3.21. The van der Waals surface area contributed by atoms with Gasteiger partial charge in [0.05, 0.1) is 17.5 Å². The van der Waals surface area contributed by atoms with E-state index in [0.29, 0.717) is 19.4 Å². The van der Waals surface area contributed by atoms with E-state index in [0.717, 1.165) is 16.9 Å². The number of rotatable bonds is 8. The maximum atomic E-state index is 12.2. The van der Waals surface area contributed by atoms with E-state index in [2.05, 4.69) is 5.32 Å². The molecule has 2 aromatic carbocycles. The Kier molecular flexibility index (Phi) is 6.80. The van der Waals surface area contributed by atoms with E-state index < -0.39 is 9.84 Å². The summed E-state index contributed by atoms with van der Waals surface area (Å²) in [5, 5.41) is 2.94. The minimum Gasteiger partial charge on any atom is -0.494 e. The Morgan fingerprint density at radius 2 is 1.69 bits per heavy atom. The Hall–Kier alpha value is -2.34. The Balaban J connectivity index is 1.86. The van der Waals surface area contributed by atoms with Crippen LogP contribution in [0.1, 0.15) is 37.4 Å². The van der Waals surface area contributed by atoms with Crippen LogP contribution in [0.15, 0.2) is 53.4 Å². The summed E-state index contributed by atoms with van der Waals surface area (Å²) < 4.78 is 28.4. The predicted octanol–water partition coefficient (Wildman–Crippen LogP) is 3.30. The summed E-state index contributed by atoms with van der Waals surface area (Å²) in [6.45, 7) is 4.45. The van der Waals surface area contributed by atoms with E-state index in [4.69, 9.17) is 4.74 Å². The monoisotopic (exact) mass is 375 g/mol. The van der Waals surface area contributed by atoms with Crippen molar-refractivity contribution in [3.8, 4) is 5.75 Å². The third-order valence-corrected chi connectivity index (χ3v) is 5.19. The average Bonchev–Trinajstić information content (AvgIpc) is 2.61. The summed E-state index contributed by atoms with van der Waals surface area (Å²) in [5.74, 6) is 0.783. The second-order valence-corrected chi connectivity index (χ2v) is 8.22. The second-order valence-electron chi connectivity index (χ2n) is 6.21. The van der Waals surface area contributed by atoms with Crippen molar-refractivity contribution < 1.29 is 17.9 Å². The lowest BCUT2D eigenvalue weighted by Gasteiger charge is -2.15. The fraction of sp³-hybridized carbons (Fsp3) is 0.350. The van der Waals surface area contributed by atoms with Crippen molar-refractivity contribution >= 4 is 15.7 Å². The van der Waals surface area contributed by atoms with Crippen LogP contribution in [0.3, 0.4) is 0 Å². The molecule has 6 heteroatoms. The van der Waals surface area contributed by atoms with Gasteiger partial charge in [-0.25, -0.2) is 8.42 Å². The van der Waals surface area contributed by atoms with Crippen LogP contribution in [-0.4, -0.2) is 27.2 Å². The molecule has 0 aliphatic carbocycles. The van der Waals surface area contributed by atoms with Gasteiger partial charge in [0.25, 0.3) is 0 Å². The summed E-state index contributed by atoms with van der Waals surface area (Å²) in [6.07, 6.45) is 2.21. The number of sulfone groups is 1. The molecule has 2 rings (SSSR count). The zero-order valence-corrected chi connectivity index (χ0v) is 16.2. The van der Waals surface area contributed by atoms with Gasteiger partial charge in [0.15, 0.2) is 9.84 Å². The topological polar surface area (TPSA) is 72.5 Å². The Morgan fingerprint density at radius 3 is 2.23 bits per heavy atom. The molecule has 0 saturated carbocycles. The number of ether oxygens (including phenoxy) is 1. The molecule has 0 aliphatic rings. The van der Waals surface area contributed by atoms with E-state index in [1.54, 1.807) is 24.3 Å². The third-order valence-electron chi connectivity index (χ3n) is 4.06. The molecule has 0 aromatic heterocycles. The summed E-state index contributed by atoms with van der Waals surface area (Å²) in [4.78, 5) is 12.4. The van der Waals surface area contributed by atoms with Gasteiger partial charge in [-0.3, -0.25) is 4.79 Å².